The van der Waals surface area contributed by atoms with Crippen LogP contribution < -0.4 is 21.3 Å². The van der Waals surface area contributed by atoms with Gasteiger partial charge in [0.05, 0.1) is 11.6 Å². The fourth-order valence-electron chi connectivity index (χ4n) is 4.82. The van der Waals surface area contributed by atoms with E-state index in [0.717, 1.165) is 35.6 Å². The summed E-state index contributed by atoms with van der Waals surface area (Å²) in [5.41, 5.74) is 4.58. The molecule has 1 aromatic heterocycles. The van der Waals surface area contributed by atoms with E-state index in [2.05, 4.69) is 55.5 Å². The molecular weight excluding hydrogens is 448 g/mol. The second kappa shape index (κ2) is 9.24. The molecule has 1 saturated heterocycles. The number of fused-ring (bicyclic) bond motifs is 1. The van der Waals surface area contributed by atoms with Crippen LogP contribution in [0, 0.1) is 0 Å². The molecule has 0 saturated carbocycles. The number of rotatable bonds is 6. The van der Waals surface area contributed by atoms with Crippen molar-refractivity contribution in [3.05, 3.63) is 70.4 Å². The van der Waals surface area contributed by atoms with E-state index >= 15 is 0 Å². The number of halogens is 1. The molecule has 2 aliphatic rings. The Morgan fingerprint density at radius 1 is 1.18 bits per heavy atom. The van der Waals surface area contributed by atoms with E-state index in [4.69, 9.17) is 11.6 Å². The highest BCUT2D eigenvalue weighted by molar-refractivity contribution is 6.32. The predicted octanol–water partition coefficient (Wildman–Crippen LogP) is 5.18. The van der Waals surface area contributed by atoms with Crippen LogP contribution in [0.2, 0.25) is 5.02 Å². The molecule has 0 bridgehead atoms. The Kier molecular flexibility index (Phi) is 6.15. The molecule has 8 heteroatoms. The van der Waals surface area contributed by atoms with E-state index in [0.29, 0.717) is 29.3 Å². The van der Waals surface area contributed by atoms with Crippen molar-refractivity contribution in [3.63, 3.8) is 0 Å². The number of hydrogen-bond donors (Lipinski definition) is 4. The average molecular weight is 477 g/mol. The number of amides is 1. The van der Waals surface area contributed by atoms with Gasteiger partial charge < -0.3 is 21.3 Å². The van der Waals surface area contributed by atoms with Crippen molar-refractivity contribution >= 4 is 40.6 Å². The molecule has 5 rings (SSSR count). The predicted molar refractivity (Wildman–Crippen MR) is 137 cm³/mol. The number of carbonyl (C=O) groups is 1. The van der Waals surface area contributed by atoms with Gasteiger partial charge in [0.2, 0.25) is 11.9 Å². The Balaban J connectivity index is 1.29. The minimum Gasteiger partial charge on any atom is -0.365 e. The van der Waals surface area contributed by atoms with Gasteiger partial charge in [0.15, 0.2) is 5.82 Å². The fourth-order valence-corrected chi connectivity index (χ4v) is 4.97. The summed E-state index contributed by atoms with van der Waals surface area (Å²) in [6.07, 6.45) is 4.03. The molecule has 0 aliphatic carbocycles. The van der Waals surface area contributed by atoms with Crippen molar-refractivity contribution in [3.8, 4) is 0 Å². The smallest absolute Gasteiger partial charge is 0.234 e. The summed E-state index contributed by atoms with van der Waals surface area (Å²) in [5, 5.41) is 13.5. The zero-order valence-electron chi connectivity index (χ0n) is 19.4. The van der Waals surface area contributed by atoms with Crippen LogP contribution in [0.3, 0.4) is 0 Å². The third-order valence-electron chi connectivity index (χ3n) is 6.72. The molecule has 34 heavy (non-hydrogen) atoms. The Bertz CT molecular complexity index is 1200. The van der Waals surface area contributed by atoms with Gasteiger partial charge in [-0.15, -0.1) is 0 Å². The summed E-state index contributed by atoms with van der Waals surface area (Å²) in [5.74, 6) is 1.58. The van der Waals surface area contributed by atoms with Crippen molar-refractivity contribution in [2.45, 2.75) is 44.6 Å². The van der Waals surface area contributed by atoms with Gasteiger partial charge in [-0.2, -0.15) is 4.98 Å². The Labute approximate surface area is 204 Å². The van der Waals surface area contributed by atoms with E-state index in [-0.39, 0.29) is 5.91 Å². The molecule has 1 amide bonds. The first-order valence-corrected chi connectivity index (χ1v) is 12.1. The highest BCUT2D eigenvalue weighted by Gasteiger charge is 2.39. The van der Waals surface area contributed by atoms with E-state index in [1.54, 1.807) is 6.20 Å². The van der Waals surface area contributed by atoms with E-state index in [1.807, 2.05) is 32.0 Å². The lowest BCUT2D eigenvalue weighted by Crippen LogP contribution is -2.28. The average Bonchev–Trinajstić information content (AvgIpc) is 3.09. The molecule has 3 aromatic rings. The third kappa shape index (κ3) is 4.45. The first-order valence-electron chi connectivity index (χ1n) is 11.7. The maximum atomic E-state index is 12.4. The second-order valence-electron chi connectivity index (χ2n) is 9.45. The van der Waals surface area contributed by atoms with Crippen molar-refractivity contribution in [2.24, 2.45) is 0 Å². The van der Waals surface area contributed by atoms with Gasteiger partial charge in [-0.3, -0.25) is 4.79 Å². The van der Waals surface area contributed by atoms with Crippen LogP contribution in [0.1, 0.15) is 49.3 Å². The van der Waals surface area contributed by atoms with Gasteiger partial charge in [0, 0.05) is 24.5 Å². The van der Waals surface area contributed by atoms with Crippen LogP contribution in [0.15, 0.2) is 48.7 Å². The highest BCUT2D eigenvalue weighted by Crippen LogP contribution is 2.40. The summed E-state index contributed by atoms with van der Waals surface area (Å²) in [6.45, 7) is 6.51. The van der Waals surface area contributed by atoms with Crippen LogP contribution in [0.5, 0.6) is 0 Å². The summed E-state index contributed by atoms with van der Waals surface area (Å²) >= 11 is 6.38. The first-order chi connectivity index (χ1) is 16.4. The normalized spacial score (nSPS) is 18.8. The van der Waals surface area contributed by atoms with Crippen molar-refractivity contribution in [1.82, 2.24) is 15.3 Å². The van der Waals surface area contributed by atoms with Gasteiger partial charge >= 0.3 is 0 Å². The zero-order chi connectivity index (χ0) is 23.7. The summed E-state index contributed by atoms with van der Waals surface area (Å²) in [4.78, 5) is 21.3. The van der Waals surface area contributed by atoms with Gasteiger partial charge in [-0.05, 0) is 74.0 Å². The number of hydrogen-bond acceptors (Lipinski definition) is 6. The van der Waals surface area contributed by atoms with Gasteiger partial charge in [0.1, 0.15) is 5.02 Å². The number of anilines is 4. The lowest BCUT2D eigenvalue weighted by molar-refractivity contribution is -0.119. The van der Waals surface area contributed by atoms with Gasteiger partial charge in [-0.25, -0.2) is 4.98 Å². The lowest BCUT2D eigenvalue weighted by Gasteiger charge is -2.23. The van der Waals surface area contributed by atoms with E-state index < -0.39 is 5.41 Å². The minimum absolute atomic E-state index is 0.00673. The maximum Gasteiger partial charge on any atom is 0.234 e. The monoisotopic (exact) mass is 476 g/mol. The largest absolute Gasteiger partial charge is 0.365 e. The molecule has 2 aromatic carbocycles. The van der Waals surface area contributed by atoms with E-state index in [1.165, 1.54) is 18.4 Å². The molecule has 1 fully saturated rings. The minimum atomic E-state index is -0.588. The van der Waals surface area contributed by atoms with Crippen LogP contribution in [-0.4, -0.2) is 29.0 Å². The molecule has 0 spiro atoms. The Morgan fingerprint density at radius 2 is 2.00 bits per heavy atom. The first kappa shape index (κ1) is 22.6. The number of piperidine rings is 1. The van der Waals surface area contributed by atoms with Gasteiger partial charge in [-0.1, -0.05) is 35.9 Å². The molecule has 3 heterocycles. The summed E-state index contributed by atoms with van der Waals surface area (Å²) in [7, 11) is 0. The second-order valence-corrected chi connectivity index (χ2v) is 9.86. The standard InChI is InChI=1S/C26H29ClN6O/c1-26(2)22-18(5-3-7-21(22)32-24(26)34)14-29-23-20(27)15-30-25(33-23)31-19-10-8-16(9-11-19)17-6-4-12-28-13-17/h3,5,7-11,15,17,28H,4,6,12-14H2,1-2H3,(H,32,34)(H2,29,30,31,33). The molecule has 0 radical (unpaired) electrons. The van der Waals surface area contributed by atoms with E-state index in [9.17, 15) is 4.79 Å². The van der Waals surface area contributed by atoms with Crippen LogP contribution in [0.25, 0.3) is 0 Å². The topological polar surface area (TPSA) is 91.0 Å². The highest BCUT2D eigenvalue weighted by atomic mass is 35.5. The van der Waals surface area contributed by atoms with Crippen LogP contribution >= 0.6 is 11.6 Å². The molecule has 176 valence electrons. The molecular formula is C26H29ClN6O. The molecule has 2 aliphatic heterocycles. The number of nitrogens with one attached hydrogen (secondary N) is 4. The quantitative estimate of drug-likeness (QED) is 0.391. The molecule has 1 unspecified atom stereocenters. The van der Waals surface area contributed by atoms with Crippen LogP contribution in [0.4, 0.5) is 23.1 Å². The molecule has 7 nitrogen and oxygen atoms in total. The molecule has 1 atom stereocenters. The number of nitrogens with zero attached hydrogens (tertiary/aromatic N) is 2. The Morgan fingerprint density at radius 3 is 2.76 bits per heavy atom. The Hall–Kier alpha value is -3.16. The summed E-state index contributed by atoms with van der Waals surface area (Å²) < 4.78 is 0. The number of benzene rings is 2. The lowest BCUT2D eigenvalue weighted by atomic mass is 9.83. The van der Waals surface area contributed by atoms with Crippen molar-refractivity contribution in [1.29, 1.82) is 0 Å². The summed E-state index contributed by atoms with van der Waals surface area (Å²) in [6, 6.07) is 14.4. The molecule has 4 N–H and O–H groups in total. The maximum absolute atomic E-state index is 12.4. The third-order valence-corrected chi connectivity index (χ3v) is 6.99. The van der Waals surface area contributed by atoms with Crippen molar-refractivity contribution < 1.29 is 4.79 Å². The fraction of sp³-hybridized carbons (Fsp3) is 0.346. The zero-order valence-corrected chi connectivity index (χ0v) is 20.2. The van der Waals surface area contributed by atoms with Crippen molar-refractivity contribution in [2.75, 3.05) is 29.0 Å². The van der Waals surface area contributed by atoms with Crippen LogP contribution in [-0.2, 0) is 16.8 Å². The number of carbonyl (C=O) groups excluding carboxylic acids is 1. The van der Waals surface area contributed by atoms with Gasteiger partial charge in [0.25, 0.3) is 0 Å². The number of aromatic nitrogens is 2. The SMILES string of the molecule is CC1(C)C(=O)Nc2cccc(CNc3nc(Nc4ccc(C5CCCNC5)cc4)ncc3Cl)c21.